The van der Waals surface area contributed by atoms with Crippen LogP contribution in [0.25, 0.3) is 0 Å². The highest BCUT2D eigenvalue weighted by atomic mass is 127. The summed E-state index contributed by atoms with van der Waals surface area (Å²) in [6, 6.07) is 19.8. The molecule has 0 bridgehead atoms. The molecule has 3 nitrogen and oxygen atoms in total. The lowest BCUT2D eigenvalue weighted by Crippen LogP contribution is -2.65. The molecule has 150 valence electrons. The second-order valence-corrected chi connectivity index (χ2v) is 12.9. The van der Waals surface area contributed by atoms with Crippen LogP contribution in [0.4, 0.5) is 0 Å². The van der Waals surface area contributed by atoms with Crippen molar-refractivity contribution in [2.24, 2.45) is 5.92 Å². The van der Waals surface area contributed by atoms with E-state index in [0.717, 1.165) is 10.4 Å². The lowest BCUT2D eigenvalue weighted by atomic mass is 9.93. The summed E-state index contributed by atoms with van der Waals surface area (Å²) in [4.78, 5) is 24.5. The van der Waals surface area contributed by atoms with Crippen molar-refractivity contribution in [3.63, 3.8) is 0 Å². The molecule has 2 aromatic carbocycles. The van der Waals surface area contributed by atoms with Gasteiger partial charge in [-0.15, -0.1) is 6.58 Å². The van der Waals surface area contributed by atoms with Gasteiger partial charge in [-0.05, 0) is 34.7 Å². The lowest BCUT2D eigenvalue weighted by molar-refractivity contribution is -0.142. The van der Waals surface area contributed by atoms with Gasteiger partial charge in [0.1, 0.15) is 3.92 Å². The van der Waals surface area contributed by atoms with Gasteiger partial charge in [-0.2, -0.15) is 0 Å². The fourth-order valence-electron chi connectivity index (χ4n) is 3.75. The number of halogens is 1. The Morgan fingerprint density at radius 3 is 2.00 bits per heavy atom. The number of hydrogen-bond donors (Lipinski definition) is 1. The van der Waals surface area contributed by atoms with E-state index in [-0.39, 0.29) is 15.8 Å². The second-order valence-electron chi connectivity index (χ2n) is 7.58. The molecule has 0 unspecified atom stereocenters. The second kappa shape index (κ2) is 9.85. The molecule has 0 aliphatic heterocycles. The van der Waals surface area contributed by atoms with Gasteiger partial charge < -0.3 is 9.53 Å². The Hall–Kier alpha value is -1.44. The quantitative estimate of drug-likeness (QED) is 0.183. The largest absolute Gasteiger partial charge is 0.465 e. The molecule has 0 spiro atoms. The summed E-state index contributed by atoms with van der Waals surface area (Å²) < 4.78 is 4.88. The molecule has 0 radical (unpaired) electrons. The molecule has 2 aromatic rings. The van der Waals surface area contributed by atoms with Crippen LogP contribution in [0.1, 0.15) is 27.2 Å². The summed E-state index contributed by atoms with van der Waals surface area (Å²) in [6.07, 6.45) is 2.45. The van der Waals surface area contributed by atoms with Crippen molar-refractivity contribution < 1.29 is 14.3 Å². The van der Waals surface area contributed by atoms with E-state index in [0.29, 0.717) is 13.0 Å². The number of esters is 1. The number of alkyl halides is 1. The van der Waals surface area contributed by atoms with E-state index in [9.17, 15) is 9.59 Å². The molecule has 2 rings (SSSR count). The molecular formula is C23H29IO3Si. The van der Waals surface area contributed by atoms with Crippen LogP contribution in [0.15, 0.2) is 73.3 Å². The topological polar surface area (TPSA) is 46.5 Å². The van der Waals surface area contributed by atoms with Crippen LogP contribution in [-0.4, -0.2) is 29.6 Å². The molecule has 0 aromatic heterocycles. The highest BCUT2D eigenvalue weighted by molar-refractivity contribution is 14.1. The number of allylic oxidation sites excluding steroid dienone is 1. The summed E-state index contributed by atoms with van der Waals surface area (Å²) >= 11 is 2.14. The molecule has 1 N–H and O–H groups in total. The van der Waals surface area contributed by atoms with Crippen molar-refractivity contribution in [2.45, 2.75) is 36.2 Å². The summed E-state index contributed by atoms with van der Waals surface area (Å²) in [7, 11) is -3.11. The summed E-state index contributed by atoms with van der Waals surface area (Å²) in [5.74, 6) is -0.325. The molecule has 0 saturated carbocycles. The number of ether oxygens (including phenoxy) is 1. The van der Waals surface area contributed by atoms with Crippen LogP contribution in [-0.2, 0) is 9.53 Å². The van der Waals surface area contributed by atoms with E-state index < -0.39 is 13.4 Å². The molecule has 5 heteroatoms. The number of carbonyl (C=O) groups is 1. The van der Waals surface area contributed by atoms with Gasteiger partial charge >= 0.3 is 5.97 Å². The van der Waals surface area contributed by atoms with Crippen LogP contribution < -0.4 is 10.4 Å². The highest BCUT2D eigenvalue weighted by Gasteiger charge is 2.51. The minimum atomic E-state index is -3.11. The minimum Gasteiger partial charge on any atom is -0.465 e. The lowest BCUT2D eigenvalue weighted by Gasteiger charge is -2.43. The van der Waals surface area contributed by atoms with Gasteiger partial charge in [0.2, 0.25) is 0 Å². The molecule has 0 fully saturated rings. The number of carbonyl (C=O) groups excluding carboxylic acids is 1. The molecule has 28 heavy (non-hydrogen) atoms. The van der Waals surface area contributed by atoms with Crippen molar-refractivity contribution in [3.8, 4) is 0 Å². The number of hydrogen-bond acceptors (Lipinski definition) is 3. The van der Waals surface area contributed by atoms with Crippen molar-refractivity contribution in [2.75, 3.05) is 6.61 Å². The monoisotopic (exact) mass is 508 g/mol. The van der Waals surface area contributed by atoms with Crippen LogP contribution in [0, 0.1) is 5.92 Å². The number of rotatable bonds is 9. The molecule has 2 atom stereocenters. The van der Waals surface area contributed by atoms with Gasteiger partial charge in [-0.1, -0.05) is 103 Å². The minimum absolute atomic E-state index is 0.0962. The SMILES string of the molecule is C=C[C@H](CC(C)(C)[Si](O)(c1ccccc1)c1ccccc1)[C@H](I)C(=O)OCC. The maximum absolute atomic E-state index is 12.3. The molecule has 0 aliphatic rings. The van der Waals surface area contributed by atoms with Crippen LogP contribution >= 0.6 is 22.6 Å². The van der Waals surface area contributed by atoms with Crippen molar-refractivity contribution in [1.82, 2.24) is 0 Å². The molecule has 0 aliphatic carbocycles. The Bertz CT molecular complexity index is 737. The summed E-state index contributed by atoms with van der Waals surface area (Å²) in [5, 5.41) is 1.50. The van der Waals surface area contributed by atoms with Gasteiger partial charge in [0.15, 0.2) is 0 Å². The zero-order valence-corrected chi connectivity index (χ0v) is 19.9. The Labute approximate surface area is 183 Å². The predicted molar refractivity (Wildman–Crippen MR) is 127 cm³/mol. The van der Waals surface area contributed by atoms with Gasteiger partial charge in [0.05, 0.1) is 6.61 Å². The third-order valence-electron chi connectivity index (χ3n) is 5.30. The summed E-state index contributed by atoms with van der Waals surface area (Å²) in [5.41, 5.74) is 0. The van der Waals surface area contributed by atoms with Crippen molar-refractivity contribution in [3.05, 3.63) is 73.3 Å². The molecule has 0 heterocycles. The van der Waals surface area contributed by atoms with Gasteiger partial charge in [0.25, 0.3) is 8.32 Å². The average molecular weight is 508 g/mol. The van der Waals surface area contributed by atoms with Crippen LogP contribution in [0.5, 0.6) is 0 Å². The van der Waals surface area contributed by atoms with E-state index in [1.165, 1.54) is 0 Å². The van der Waals surface area contributed by atoms with E-state index in [1.807, 2.05) is 73.7 Å². The first-order valence-corrected chi connectivity index (χ1v) is 12.7. The average Bonchev–Trinajstić information content (AvgIpc) is 2.72. The van der Waals surface area contributed by atoms with Gasteiger partial charge in [-0.25, -0.2) is 0 Å². The Kier molecular flexibility index (Phi) is 8.03. The third kappa shape index (κ3) is 4.75. The van der Waals surface area contributed by atoms with E-state index >= 15 is 0 Å². The normalized spacial score (nSPS) is 14.2. The zero-order chi connectivity index (χ0) is 20.8. The van der Waals surface area contributed by atoms with Crippen molar-refractivity contribution >= 4 is 47.3 Å². The van der Waals surface area contributed by atoms with E-state index in [2.05, 4.69) is 43.0 Å². The molecule has 0 saturated heterocycles. The maximum atomic E-state index is 12.3. The fourth-order valence-corrected chi connectivity index (χ4v) is 8.25. The highest BCUT2D eigenvalue weighted by Crippen LogP contribution is 2.43. The maximum Gasteiger partial charge on any atom is 0.319 e. The third-order valence-corrected chi connectivity index (χ3v) is 11.2. The summed E-state index contributed by atoms with van der Waals surface area (Å²) in [6.45, 7) is 10.3. The predicted octanol–water partition coefficient (Wildman–Crippen LogP) is 4.08. The number of benzene rings is 2. The molecule has 0 amide bonds. The molecular weight excluding hydrogens is 479 g/mol. The van der Waals surface area contributed by atoms with Gasteiger partial charge in [-0.3, -0.25) is 4.79 Å². The van der Waals surface area contributed by atoms with E-state index in [1.54, 1.807) is 0 Å². The first-order valence-electron chi connectivity index (χ1n) is 9.54. The Morgan fingerprint density at radius 2 is 1.61 bits per heavy atom. The van der Waals surface area contributed by atoms with Crippen molar-refractivity contribution in [1.29, 1.82) is 0 Å². The smallest absolute Gasteiger partial charge is 0.319 e. The fraction of sp³-hybridized carbons (Fsp3) is 0.348. The van der Waals surface area contributed by atoms with Gasteiger partial charge in [0, 0.05) is 0 Å². The standard InChI is InChI=1S/C23H29IO3Si/c1-5-18(21(24)22(25)27-6-2)17-23(3,4)28(26,19-13-9-7-10-14-19)20-15-11-8-12-16-20/h5,7-16,18,21,26H,1,6,17H2,2-4H3/t18-,21+/m1/s1. The first-order chi connectivity index (χ1) is 13.3. The first kappa shape index (κ1) is 22.8. The van der Waals surface area contributed by atoms with Crippen LogP contribution in [0.3, 0.4) is 0 Å². The Morgan fingerprint density at radius 1 is 1.14 bits per heavy atom. The zero-order valence-electron chi connectivity index (χ0n) is 16.8. The Balaban J connectivity index is 2.47. The van der Waals surface area contributed by atoms with E-state index in [4.69, 9.17) is 4.74 Å². The van der Waals surface area contributed by atoms with Crippen LogP contribution in [0.2, 0.25) is 5.04 Å².